The largest absolute Gasteiger partial charge is 0.337 e. The van der Waals surface area contributed by atoms with Crippen molar-refractivity contribution in [3.05, 3.63) is 29.8 Å². The van der Waals surface area contributed by atoms with Crippen LogP contribution in [0, 0.1) is 5.92 Å². The molecule has 0 bridgehead atoms. The molecule has 1 aromatic carbocycles. The lowest BCUT2D eigenvalue weighted by atomic mass is 9.96. The highest BCUT2D eigenvalue weighted by atomic mass is 32.2. The smallest absolute Gasteiger partial charge is 0.243 e. The van der Waals surface area contributed by atoms with E-state index in [0.717, 1.165) is 12.8 Å². The Kier molecular flexibility index (Phi) is 5.72. The molecule has 0 spiro atoms. The Hall–Kier alpha value is -1.73. The summed E-state index contributed by atoms with van der Waals surface area (Å²) in [6.07, 6.45) is 3.23. The molecule has 0 unspecified atom stereocenters. The zero-order valence-electron chi connectivity index (χ0n) is 16.2. The molecule has 1 amide bonds. The molecule has 1 aliphatic carbocycles. The monoisotopic (exact) mass is 392 g/mol. The zero-order valence-corrected chi connectivity index (χ0v) is 17.0. The number of hydrogen-bond acceptors (Lipinski definition) is 4. The molecular formula is C20H28N2O4S. The lowest BCUT2D eigenvalue weighted by Crippen LogP contribution is -2.47. The second-order valence-corrected chi connectivity index (χ2v) is 9.77. The minimum Gasteiger partial charge on any atom is -0.337 e. The molecule has 6 nitrogen and oxygen atoms in total. The van der Waals surface area contributed by atoms with Crippen molar-refractivity contribution in [1.82, 2.24) is 9.21 Å². The standard InChI is InChI=1S/C20H28N2O4S/c1-14(2)22(18-7-8-18)20(24)16-9-11-21(12-10-16)27(25,26)19-6-4-5-17(13-19)15(3)23/h4-6,13-14,16,18H,7-12H2,1-3H3. The highest BCUT2D eigenvalue weighted by Crippen LogP contribution is 2.33. The van der Waals surface area contributed by atoms with Gasteiger partial charge < -0.3 is 4.90 Å². The molecule has 3 rings (SSSR count). The van der Waals surface area contributed by atoms with E-state index in [0.29, 0.717) is 37.5 Å². The molecule has 1 aliphatic heterocycles. The number of ketones is 1. The topological polar surface area (TPSA) is 74.8 Å². The number of amides is 1. The van der Waals surface area contributed by atoms with Gasteiger partial charge in [0, 0.05) is 36.7 Å². The molecule has 7 heteroatoms. The van der Waals surface area contributed by atoms with E-state index in [4.69, 9.17) is 0 Å². The van der Waals surface area contributed by atoms with Gasteiger partial charge in [0.1, 0.15) is 0 Å². The predicted octanol–water partition coefficient (Wildman–Crippen LogP) is 2.69. The van der Waals surface area contributed by atoms with Gasteiger partial charge in [0.25, 0.3) is 0 Å². The maximum atomic E-state index is 12.9. The van der Waals surface area contributed by atoms with Crippen LogP contribution in [0.5, 0.6) is 0 Å². The van der Waals surface area contributed by atoms with E-state index in [1.165, 1.54) is 23.4 Å². The molecule has 0 N–H and O–H groups in total. The van der Waals surface area contributed by atoms with Gasteiger partial charge in [0.05, 0.1) is 4.90 Å². The Morgan fingerprint density at radius 2 is 1.74 bits per heavy atom. The number of benzene rings is 1. The molecule has 1 heterocycles. The van der Waals surface area contributed by atoms with Crippen molar-refractivity contribution < 1.29 is 18.0 Å². The van der Waals surface area contributed by atoms with Crippen LogP contribution in [0.25, 0.3) is 0 Å². The lowest BCUT2D eigenvalue weighted by molar-refractivity contribution is -0.139. The van der Waals surface area contributed by atoms with E-state index in [1.807, 2.05) is 18.7 Å². The van der Waals surface area contributed by atoms with Crippen LogP contribution in [0.15, 0.2) is 29.2 Å². The third-order valence-corrected chi connectivity index (χ3v) is 7.33. The number of nitrogens with zero attached hydrogens (tertiary/aromatic N) is 2. The van der Waals surface area contributed by atoms with E-state index in [2.05, 4.69) is 0 Å². The summed E-state index contributed by atoms with van der Waals surface area (Å²) in [5.74, 6) is -0.101. The van der Waals surface area contributed by atoms with Crippen molar-refractivity contribution in [1.29, 1.82) is 0 Å². The summed E-state index contributed by atoms with van der Waals surface area (Å²) >= 11 is 0. The van der Waals surface area contributed by atoms with Crippen LogP contribution < -0.4 is 0 Å². The predicted molar refractivity (Wildman–Crippen MR) is 103 cm³/mol. The van der Waals surface area contributed by atoms with Crippen LogP contribution in [0.1, 0.15) is 56.8 Å². The van der Waals surface area contributed by atoms with Crippen molar-refractivity contribution in [2.45, 2.75) is 63.4 Å². The second kappa shape index (κ2) is 7.72. The molecule has 0 aromatic heterocycles. The first-order valence-electron chi connectivity index (χ1n) is 9.65. The van der Waals surface area contributed by atoms with Crippen LogP contribution >= 0.6 is 0 Å². The van der Waals surface area contributed by atoms with E-state index in [-0.39, 0.29) is 28.5 Å². The van der Waals surface area contributed by atoms with Gasteiger partial charge in [-0.05, 0) is 58.6 Å². The molecule has 27 heavy (non-hydrogen) atoms. The number of piperidine rings is 1. The fourth-order valence-corrected chi connectivity index (χ4v) is 5.30. The highest BCUT2D eigenvalue weighted by Gasteiger charge is 2.39. The van der Waals surface area contributed by atoms with Gasteiger partial charge in [0.15, 0.2) is 5.78 Å². The minimum atomic E-state index is -3.65. The molecule has 0 radical (unpaired) electrons. The van der Waals surface area contributed by atoms with E-state index in [9.17, 15) is 18.0 Å². The maximum absolute atomic E-state index is 12.9. The number of carbonyl (C=O) groups is 2. The van der Waals surface area contributed by atoms with Crippen LogP contribution in [-0.2, 0) is 14.8 Å². The number of rotatable bonds is 6. The van der Waals surface area contributed by atoms with E-state index in [1.54, 1.807) is 12.1 Å². The van der Waals surface area contributed by atoms with Gasteiger partial charge in [-0.2, -0.15) is 4.31 Å². The molecule has 0 atom stereocenters. The Morgan fingerprint density at radius 1 is 1.11 bits per heavy atom. The van der Waals surface area contributed by atoms with Gasteiger partial charge in [-0.3, -0.25) is 9.59 Å². The summed E-state index contributed by atoms with van der Waals surface area (Å²) in [5.41, 5.74) is 0.387. The first kappa shape index (κ1) is 20.0. The number of sulfonamides is 1. The Labute approximate surface area is 161 Å². The van der Waals surface area contributed by atoms with Gasteiger partial charge in [-0.1, -0.05) is 12.1 Å². The number of carbonyl (C=O) groups excluding carboxylic acids is 2. The maximum Gasteiger partial charge on any atom is 0.243 e. The summed E-state index contributed by atoms with van der Waals surface area (Å²) in [6.45, 7) is 6.16. The average Bonchev–Trinajstić information content (AvgIpc) is 3.46. The van der Waals surface area contributed by atoms with Gasteiger partial charge in [0.2, 0.25) is 15.9 Å². The van der Waals surface area contributed by atoms with Crippen molar-refractivity contribution in [3.63, 3.8) is 0 Å². The third-order valence-electron chi connectivity index (χ3n) is 5.43. The first-order chi connectivity index (χ1) is 12.7. The minimum absolute atomic E-state index is 0.108. The number of hydrogen-bond donors (Lipinski definition) is 0. The Balaban J connectivity index is 1.68. The van der Waals surface area contributed by atoms with Gasteiger partial charge in [-0.15, -0.1) is 0 Å². The summed E-state index contributed by atoms with van der Waals surface area (Å²) in [7, 11) is -3.65. The SMILES string of the molecule is CC(=O)c1cccc(S(=O)(=O)N2CCC(C(=O)N(C(C)C)C3CC3)CC2)c1. The molecule has 1 saturated heterocycles. The van der Waals surface area contributed by atoms with Crippen molar-refractivity contribution >= 4 is 21.7 Å². The second-order valence-electron chi connectivity index (χ2n) is 7.83. The fourth-order valence-electron chi connectivity index (χ4n) is 3.79. The summed E-state index contributed by atoms with van der Waals surface area (Å²) in [4.78, 5) is 26.6. The summed E-state index contributed by atoms with van der Waals surface area (Å²) in [6, 6.07) is 6.71. The summed E-state index contributed by atoms with van der Waals surface area (Å²) < 4.78 is 27.3. The van der Waals surface area contributed by atoms with Gasteiger partial charge in [-0.25, -0.2) is 8.42 Å². The zero-order chi connectivity index (χ0) is 19.8. The Bertz CT molecular complexity index is 820. The molecule has 2 fully saturated rings. The Morgan fingerprint density at radius 3 is 2.26 bits per heavy atom. The molecular weight excluding hydrogens is 364 g/mol. The van der Waals surface area contributed by atoms with Crippen LogP contribution in [0.2, 0.25) is 0 Å². The van der Waals surface area contributed by atoms with Crippen LogP contribution in [-0.4, -0.2) is 54.5 Å². The summed E-state index contributed by atoms with van der Waals surface area (Å²) in [5, 5.41) is 0. The molecule has 2 aliphatic rings. The quantitative estimate of drug-likeness (QED) is 0.698. The lowest BCUT2D eigenvalue weighted by Gasteiger charge is -2.35. The highest BCUT2D eigenvalue weighted by molar-refractivity contribution is 7.89. The molecule has 1 saturated carbocycles. The van der Waals surface area contributed by atoms with Crippen molar-refractivity contribution in [2.24, 2.45) is 5.92 Å². The average molecular weight is 393 g/mol. The third kappa shape index (κ3) is 4.24. The molecule has 148 valence electrons. The fraction of sp³-hybridized carbons (Fsp3) is 0.600. The van der Waals surface area contributed by atoms with Crippen LogP contribution in [0.4, 0.5) is 0 Å². The number of Topliss-reactive ketones (excluding diaryl/α,β-unsaturated/α-hetero) is 1. The van der Waals surface area contributed by atoms with Crippen LogP contribution in [0.3, 0.4) is 0 Å². The first-order valence-corrected chi connectivity index (χ1v) is 11.1. The van der Waals surface area contributed by atoms with E-state index < -0.39 is 10.0 Å². The van der Waals surface area contributed by atoms with Crippen molar-refractivity contribution in [3.8, 4) is 0 Å². The van der Waals surface area contributed by atoms with Crippen molar-refractivity contribution in [2.75, 3.05) is 13.1 Å². The van der Waals surface area contributed by atoms with E-state index >= 15 is 0 Å². The normalized spacial score (nSPS) is 19.3. The molecule has 1 aromatic rings. The van der Waals surface area contributed by atoms with Gasteiger partial charge >= 0.3 is 0 Å².